The van der Waals surface area contributed by atoms with Gasteiger partial charge in [-0.25, -0.2) is 0 Å². The van der Waals surface area contributed by atoms with Crippen LogP contribution >= 0.6 is 43.5 Å². The highest BCUT2D eigenvalue weighted by Gasteiger charge is 2.18. The van der Waals surface area contributed by atoms with Gasteiger partial charge in [0, 0.05) is 22.9 Å². The van der Waals surface area contributed by atoms with E-state index in [9.17, 15) is 4.79 Å². The quantitative estimate of drug-likeness (QED) is 0.601. The molecule has 1 amide bonds. The van der Waals surface area contributed by atoms with Gasteiger partial charge in [0.1, 0.15) is 0 Å². The fraction of sp³-hybridized carbons (Fsp3) is 0.188. The van der Waals surface area contributed by atoms with Crippen LogP contribution in [0, 0.1) is 0 Å². The van der Waals surface area contributed by atoms with Crippen molar-refractivity contribution < 1.29 is 4.79 Å². The van der Waals surface area contributed by atoms with Gasteiger partial charge in [-0.15, -0.1) is 0 Å². The van der Waals surface area contributed by atoms with E-state index in [1.807, 2.05) is 36.4 Å². The Bertz CT molecular complexity index is 619. The second-order valence-electron chi connectivity index (χ2n) is 4.53. The minimum atomic E-state index is -0.0652. The molecule has 0 atom stereocenters. The predicted molar refractivity (Wildman–Crippen MR) is 94.1 cm³/mol. The van der Waals surface area contributed by atoms with Gasteiger partial charge in [0.15, 0.2) is 0 Å². The van der Waals surface area contributed by atoms with E-state index < -0.39 is 0 Å². The fourth-order valence-electron chi connectivity index (χ4n) is 1.99. The molecule has 0 radical (unpaired) electrons. The molecular formula is C16H14Br2ClNO. The molecule has 2 rings (SSSR count). The largest absolute Gasteiger partial charge is 0.333 e. The first-order chi connectivity index (χ1) is 10.1. The van der Waals surface area contributed by atoms with Gasteiger partial charge >= 0.3 is 0 Å². The number of carbonyl (C=O) groups excluding carboxylic acids is 1. The minimum absolute atomic E-state index is 0.0652. The van der Waals surface area contributed by atoms with Crippen LogP contribution in [0.1, 0.15) is 15.9 Å². The molecule has 0 saturated carbocycles. The summed E-state index contributed by atoms with van der Waals surface area (Å²) in [7, 11) is 0. The highest BCUT2D eigenvalue weighted by atomic mass is 79.9. The zero-order valence-corrected chi connectivity index (χ0v) is 15.2. The van der Waals surface area contributed by atoms with Crippen molar-refractivity contribution in [1.82, 2.24) is 4.90 Å². The van der Waals surface area contributed by atoms with Crippen LogP contribution in [0.4, 0.5) is 0 Å². The number of benzene rings is 2. The number of carbonyl (C=O) groups is 1. The Kier molecular flexibility index (Phi) is 6.27. The first kappa shape index (κ1) is 16.5. The second kappa shape index (κ2) is 7.97. The van der Waals surface area contributed by atoms with Crippen LogP contribution in [0.5, 0.6) is 0 Å². The summed E-state index contributed by atoms with van der Waals surface area (Å²) in [5.41, 5.74) is 1.61. The standard InChI is InChI=1S/C16H14Br2ClNO/c17-8-9-20(11-12-4-2-1-3-5-12)16(21)14-10-13(18)6-7-15(14)19/h1-7,10H,8-9,11H2. The van der Waals surface area contributed by atoms with Gasteiger partial charge in [0.25, 0.3) is 5.91 Å². The molecule has 0 aliphatic heterocycles. The number of amides is 1. The molecule has 110 valence electrons. The lowest BCUT2D eigenvalue weighted by Crippen LogP contribution is -2.32. The normalized spacial score (nSPS) is 10.4. The SMILES string of the molecule is O=C(c1cc(Br)ccc1Cl)N(CCBr)Cc1ccccc1. The highest BCUT2D eigenvalue weighted by Crippen LogP contribution is 2.23. The summed E-state index contributed by atoms with van der Waals surface area (Å²) in [6.45, 7) is 1.19. The molecule has 0 spiro atoms. The molecule has 2 aromatic rings. The number of alkyl halides is 1. The number of hydrogen-bond acceptors (Lipinski definition) is 1. The summed E-state index contributed by atoms with van der Waals surface area (Å²) in [4.78, 5) is 14.5. The molecule has 2 aromatic carbocycles. The van der Waals surface area contributed by atoms with E-state index >= 15 is 0 Å². The zero-order valence-electron chi connectivity index (χ0n) is 11.2. The summed E-state index contributed by atoms with van der Waals surface area (Å²) >= 11 is 12.9. The van der Waals surface area contributed by atoms with E-state index in [2.05, 4.69) is 31.9 Å². The van der Waals surface area contributed by atoms with Crippen LogP contribution in [-0.4, -0.2) is 22.7 Å². The maximum atomic E-state index is 12.7. The van der Waals surface area contributed by atoms with E-state index in [-0.39, 0.29) is 5.91 Å². The van der Waals surface area contributed by atoms with E-state index in [4.69, 9.17) is 11.6 Å². The van der Waals surface area contributed by atoms with Crippen LogP contribution < -0.4 is 0 Å². The van der Waals surface area contributed by atoms with Crippen molar-refractivity contribution >= 4 is 49.4 Å². The molecular weight excluding hydrogens is 417 g/mol. The van der Waals surface area contributed by atoms with Crippen LogP contribution in [0.3, 0.4) is 0 Å². The third-order valence-corrected chi connectivity index (χ3v) is 4.19. The molecule has 0 bridgehead atoms. The monoisotopic (exact) mass is 429 g/mol. The average Bonchev–Trinajstić information content (AvgIpc) is 2.49. The van der Waals surface area contributed by atoms with Crippen molar-refractivity contribution in [3.63, 3.8) is 0 Å². The van der Waals surface area contributed by atoms with Gasteiger partial charge in [-0.3, -0.25) is 4.79 Å². The van der Waals surface area contributed by atoms with Crippen LogP contribution in [0.25, 0.3) is 0 Å². The van der Waals surface area contributed by atoms with Gasteiger partial charge in [-0.05, 0) is 23.8 Å². The van der Waals surface area contributed by atoms with E-state index in [0.717, 1.165) is 15.4 Å². The van der Waals surface area contributed by atoms with E-state index in [0.29, 0.717) is 23.7 Å². The van der Waals surface area contributed by atoms with Crippen LogP contribution in [0.15, 0.2) is 53.0 Å². The molecule has 0 unspecified atom stereocenters. The van der Waals surface area contributed by atoms with Crippen molar-refractivity contribution in [3.05, 3.63) is 69.2 Å². The molecule has 0 fully saturated rings. The third kappa shape index (κ3) is 4.56. The van der Waals surface area contributed by atoms with Gasteiger partial charge in [-0.2, -0.15) is 0 Å². The second-order valence-corrected chi connectivity index (χ2v) is 6.64. The number of hydrogen-bond donors (Lipinski definition) is 0. The summed E-state index contributed by atoms with van der Waals surface area (Å²) in [5, 5.41) is 1.19. The Balaban J connectivity index is 2.25. The lowest BCUT2D eigenvalue weighted by Gasteiger charge is -2.22. The Morgan fingerprint density at radius 2 is 1.86 bits per heavy atom. The number of nitrogens with zero attached hydrogens (tertiary/aromatic N) is 1. The third-order valence-electron chi connectivity index (χ3n) is 3.02. The van der Waals surface area contributed by atoms with Crippen molar-refractivity contribution in [3.8, 4) is 0 Å². The van der Waals surface area contributed by atoms with Crippen molar-refractivity contribution in [2.24, 2.45) is 0 Å². The maximum absolute atomic E-state index is 12.7. The lowest BCUT2D eigenvalue weighted by atomic mass is 10.1. The molecule has 21 heavy (non-hydrogen) atoms. The van der Waals surface area contributed by atoms with E-state index in [1.54, 1.807) is 17.0 Å². The average molecular weight is 432 g/mol. The predicted octanol–water partition coefficient (Wildman–Crippen LogP) is 5.14. The first-order valence-electron chi connectivity index (χ1n) is 6.46. The Labute approximate surface area is 146 Å². The molecule has 5 heteroatoms. The topological polar surface area (TPSA) is 20.3 Å². The molecule has 0 saturated heterocycles. The molecule has 2 nitrogen and oxygen atoms in total. The smallest absolute Gasteiger partial charge is 0.255 e. The van der Waals surface area contributed by atoms with Crippen molar-refractivity contribution in [2.75, 3.05) is 11.9 Å². The van der Waals surface area contributed by atoms with Crippen molar-refractivity contribution in [1.29, 1.82) is 0 Å². The highest BCUT2D eigenvalue weighted by molar-refractivity contribution is 9.10. The van der Waals surface area contributed by atoms with Crippen LogP contribution in [0.2, 0.25) is 5.02 Å². The van der Waals surface area contributed by atoms with Gasteiger partial charge < -0.3 is 4.90 Å². The van der Waals surface area contributed by atoms with E-state index in [1.165, 1.54) is 0 Å². The Morgan fingerprint density at radius 1 is 1.14 bits per heavy atom. The minimum Gasteiger partial charge on any atom is -0.333 e. The number of rotatable bonds is 5. The molecule has 0 aliphatic carbocycles. The maximum Gasteiger partial charge on any atom is 0.255 e. The first-order valence-corrected chi connectivity index (χ1v) is 8.75. The van der Waals surface area contributed by atoms with Gasteiger partial charge in [0.2, 0.25) is 0 Å². The Hall–Kier alpha value is -0.840. The van der Waals surface area contributed by atoms with Gasteiger partial charge in [-0.1, -0.05) is 73.8 Å². The fourth-order valence-corrected chi connectivity index (χ4v) is 2.98. The number of halogens is 3. The molecule has 0 heterocycles. The van der Waals surface area contributed by atoms with Crippen LogP contribution in [-0.2, 0) is 6.54 Å². The molecule has 0 N–H and O–H groups in total. The summed E-state index contributed by atoms with van der Waals surface area (Å²) in [5.74, 6) is -0.0652. The summed E-state index contributed by atoms with van der Waals surface area (Å²) < 4.78 is 0.841. The van der Waals surface area contributed by atoms with Crippen molar-refractivity contribution in [2.45, 2.75) is 6.54 Å². The summed E-state index contributed by atoms with van der Waals surface area (Å²) in [6.07, 6.45) is 0. The molecule has 0 aliphatic rings. The molecule has 0 aromatic heterocycles. The van der Waals surface area contributed by atoms with Gasteiger partial charge in [0.05, 0.1) is 10.6 Å². The zero-order chi connectivity index (χ0) is 15.2. The summed E-state index contributed by atoms with van der Waals surface area (Å²) in [6, 6.07) is 15.2. The Morgan fingerprint density at radius 3 is 2.52 bits per heavy atom. The lowest BCUT2D eigenvalue weighted by molar-refractivity contribution is 0.0755.